The molecule has 5 heteroatoms. The Bertz CT molecular complexity index is 1040. The number of H-pyrrole nitrogens is 1. The SMILES string of the molecule is O=c1[nH]c2c(cnc3cc(C4CC4)nn32)cc1C1C=CC=CC1. The van der Waals surface area contributed by atoms with Crippen molar-refractivity contribution in [1.29, 1.82) is 0 Å². The van der Waals surface area contributed by atoms with Crippen molar-refractivity contribution < 1.29 is 0 Å². The Balaban J connectivity index is 1.71. The zero-order valence-electron chi connectivity index (χ0n) is 12.6. The normalized spacial score (nSPS) is 20.6. The molecule has 1 fully saturated rings. The number of fused-ring (bicyclic) bond motifs is 3. The van der Waals surface area contributed by atoms with E-state index in [0.29, 0.717) is 5.92 Å². The monoisotopic (exact) mass is 304 g/mol. The highest BCUT2D eigenvalue weighted by Crippen LogP contribution is 2.39. The molecule has 1 N–H and O–H groups in total. The van der Waals surface area contributed by atoms with Crippen LogP contribution in [0.2, 0.25) is 0 Å². The van der Waals surface area contributed by atoms with Crippen LogP contribution in [0.3, 0.4) is 0 Å². The second-order valence-electron chi connectivity index (χ2n) is 6.38. The highest BCUT2D eigenvalue weighted by atomic mass is 16.1. The summed E-state index contributed by atoms with van der Waals surface area (Å²) in [6.45, 7) is 0. The van der Waals surface area contributed by atoms with Crippen LogP contribution in [0.15, 0.2) is 47.4 Å². The minimum absolute atomic E-state index is 0.0431. The third kappa shape index (κ3) is 2.04. The van der Waals surface area contributed by atoms with Gasteiger partial charge in [0.25, 0.3) is 5.56 Å². The second kappa shape index (κ2) is 4.65. The van der Waals surface area contributed by atoms with Crippen LogP contribution in [-0.4, -0.2) is 19.6 Å². The number of nitrogens with one attached hydrogen (secondary N) is 1. The molecule has 5 rings (SSSR count). The lowest BCUT2D eigenvalue weighted by Gasteiger charge is -2.13. The van der Waals surface area contributed by atoms with Crippen molar-refractivity contribution in [3.63, 3.8) is 0 Å². The molecule has 0 radical (unpaired) electrons. The van der Waals surface area contributed by atoms with Gasteiger partial charge < -0.3 is 4.98 Å². The Morgan fingerprint density at radius 3 is 2.91 bits per heavy atom. The average Bonchev–Trinajstić information content (AvgIpc) is 3.34. The largest absolute Gasteiger partial charge is 0.306 e. The summed E-state index contributed by atoms with van der Waals surface area (Å²) in [5.74, 6) is 0.695. The lowest BCUT2D eigenvalue weighted by molar-refractivity contribution is 0.832. The zero-order valence-corrected chi connectivity index (χ0v) is 12.6. The van der Waals surface area contributed by atoms with Crippen molar-refractivity contribution in [3.8, 4) is 0 Å². The molecule has 2 aliphatic rings. The molecule has 0 amide bonds. The number of rotatable bonds is 2. The first-order valence-corrected chi connectivity index (χ1v) is 8.04. The predicted molar refractivity (Wildman–Crippen MR) is 88.7 cm³/mol. The summed E-state index contributed by atoms with van der Waals surface area (Å²) in [5, 5.41) is 5.56. The van der Waals surface area contributed by atoms with Gasteiger partial charge >= 0.3 is 0 Å². The van der Waals surface area contributed by atoms with Gasteiger partial charge in [0.1, 0.15) is 5.65 Å². The molecule has 5 nitrogen and oxygen atoms in total. The smallest absolute Gasteiger partial charge is 0.253 e. The van der Waals surface area contributed by atoms with Crippen LogP contribution in [0, 0.1) is 0 Å². The lowest BCUT2D eigenvalue weighted by Crippen LogP contribution is -2.17. The van der Waals surface area contributed by atoms with E-state index in [4.69, 9.17) is 0 Å². The summed E-state index contributed by atoms with van der Waals surface area (Å²) in [5.41, 5.74) is 3.34. The van der Waals surface area contributed by atoms with Gasteiger partial charge in [-0.3, -0.25) is 4.79 Å². The first-order valence-electron chi connectivity index (χ1n) is 8.04. The molecule has 3 heterocycles. The number of aromatic amines is 1. The Morgan fingerprint density at radius 1 is 1.22 bits per heavy atom. The summed E-state index contributed by atoms with van der Waals surface area (Å²) in [6.07, 6.45) is 13.2. The quantitative estimate of drug-likeness (QED) is 0.791. The minimum atomic E-state index is -0.0431. The van der Waals surface area contributed by atoms with E-state index in [0.717, 1.165) is 34.4 Å². The van der Waals surface area contributed by atoms with Gasteiger partial charge in [0.2, 0.25) is 0 Å². The van der Waals surface area contributed by atoms with Gasteiger partial charge in [-0.05, 0) is 25.3 Å². The molecule has 1 unspecified atom stereocenters. The Hall–Kier alpha value is -2.69. The van der Waals surface area contributed by atoms with Crippen molar-refractivity contribution in [1.82, 2.24) is 19.6 Å². The number of aromatic nitrogens is 4. The van der Waals surface area contributed by atoms with E-state index in [1.165, 1.54) is 12.8 Å². The number of pyridine rings is 1. The summed E-state index contributed by atoms with van der Waals surface area (Å²) in [6, 6.07) is 3.98. The molecule has 0 spiro atoms. The van der Waals surface area contributed by atoms with Crippen molar-refractivity contribution >= 4 is 16.7 Å². The van der Waals surface area contributed by atoms with Crippen molar-refractivity contribution in [2.75, 3.05) is 0 Å². The number of nitrogens with zero attached hydrogens (tertiary/aromatic N) is 3. The van der Waals surface area contributed by atoms with E-state index in [1.807, 2.05) is 30.5 Å². The second-order valence-corrected chi connectivity index (χ2v) is 6.38. The fraction of sp³-hybridized carbons (Fsp3) is 0.278. The topological polar surface area (TPSA) is 63.0 Å². The average molecular weight is 304 g/mol. The van der Waals surface area contributed by atoms with Crippen molar-refractivity contribution in [3.05, 3.63) is 64.2 Å². The Kier molecular flexibility index (Phi) is 2.59. The van der Waals surface area contributed by atoms with E-state index < -0.39 is 0 Å². The van der Waals surface area contributed by atoms with E-state index in [9.17, 15) is 4.79 Å². The molecule has 0 bridgehead atoms. The summed E-state index contributed by atoms with van der Waals surface area (Å²) in [4.78, 5) is 20.1. The fourth-order valence-electron chi connectivity index (χ4n) is 3.27. The van der Waals surface area contributed by atoms with E-state index in [-0.39, 0.29) is 11.5 Å². The lowest BCUT2D eigenvalue weighted by atomic mass is 9.93. The van der Waals surface area contributed by atoms with Crippen LogP contribution in [0.25, 0.3) is 16.7 Å². The van der Waals surface area contributed by atoms with Gasteiger partial charge in [-0.15, -0.1) is 0 Å². The fourth-order valence-corrected chi connectivity index (χ4v) is 3.27. The third-order valence-electron chi connectivity index (χ3n) is 4.71. The first kappa shape index (κ1) is 12.8. The van der Waals surface area contributed by atoms with Crippen molar-refractivity contribution in [2.45, 2.75) is 31.1 Å². The van der Waals surface area contributed by atoms with Crippen LogP contribution < -0.4 is 5.56 Å². The first-order chi connectivity index (χ1) is 11.3. The van der Waals surface area contributed by atoms with Crippen LogP contribution in [-0.2, 0) is 0 Å². The molecule has 0 aliphatic heterocycles. The Labute approximate surface area is 132 Å². The van der Waals surface area contributed by atoms with Gasteiger partial charge in [0, 0.05) is 35.0 Å². The van der Waals surface area contributed by atoms with Crippen LogP contribution in [0.1, 0.15) is 42.4 Å². The number of hydrogen-bond donors (Lipinski definition) is 1. The highest BCUT2D eigenvalue weighted by Gasteiger charge is 2.27. The molecule has 23 heavy (non-hydrogen) atoms. The van der Waals surface area contributed by atoms with Crippen molar-refractivity contribution in [2.24, 2.45) is 0 Å². The minimum Gasteiger partial charge on any atom is -0.306 e. The summed E-state index contributed by atoms with van der Waals surface area (Å²) >= 11 is 0. The number of hydrogen-bond acceptors (Lipinski definition) is 3. The molecule has 114 valence electrons. The summed E-state index contributed by atoms with van der Waals surface area (Å²) < 4.78 is 1.77. The van der Waals surface area contributed by atoms with Gasteiger partial charge in [-0.25, -0.2) is 4.98 Å². The molecule has 0 saturated heterocycles. The van der Waals surface area contributed by atoms with Gasteiger partial charge in [-0.1, -0.05) is 24.3 Å². The van der Waals surface area contributed by atoms with Crippen LogP contribution in [0.5, 0.6) is 0 Å². The molecule has 1 saturated carbocycles. The van der Waals surface area contributed by atoms with E-state index >= 15 is 0 Å². The number of allylic oxidation sites excluding steroid dienone is 4. The predicted octanol–water partition coefficient (Wildman–Crippen LogP) is 3.05. The highest BCUT2D eigenvalue weighted by molar-refractivity contribution is 5.77. The molecule has 3 aromatic rings. The molecular formula is C18H16N4O. The zero-order chi connectivity index (χ0) is 15.4. The van der Waals surface area contributed by atoms with E-state index in [1.54, 1.807) is 4.52 Å². The maximum Gasteiger partial charge on any atom is 0.253 e. The molecule has 0 aromatic carbocycles. The van der Waals surface area contributed by atoms with Crippen LogP contribution in [0.4, 0.5) is 0 Å². The maximum atomic E-state index is 12.6. The van der Waals surface area contributed by atoms with Gasteiger partial charge in [0.05, 0.1) is 5.69 Å². The Morgan fingerprint density at radius 2 is 2.13 bits per heavy atom. The molecule has 2 aliphatic carbocycles. The van der Waals surface area contributed by atoms with Gasteiger partial charge in [0.15, 0.2) is 5.65 Å². The van der Waals surface area contributed by atoms with Crippen LogP contribution >= 0.6 is 0 Å². The third-order valence-corrected chi connectivity index (χ3v) is 4.71. The molecule has 1 atom stereocenters. The summed E-state index contributed by atoms with van der Waals surface area (Å²) in [7, 11) is 0. The van der Waals surface area contributed by atoms with E-state index in [2.05, 4.69) is 27.2 Å². The van der Waals surface area contributed by atoms with Gasteiger partial charge in [-0.2, -0.15) is 9.61 Å². The maximum absolute atomic E-state index is 12.6. The molecule has 3 aromatic heterocycles. The molecular weight excluding hydrogens is 288 g/mol. The standard InChI is InChI=1S/C18H16N4O/c23-18-14(11-4-2-1-3-5-11)8-13-10-19-16-9-15(12-6-7-12)21-22(16)17(13)20-18/h1-4,8-12H,5-7H2,(H,20,23).